The molecule has 0 saturated heterocycles. The Hall–Kier alpha value is -2.73. The van der Waals surface area contributed by atoms with E-state index in [9.17, 15) is 9.59 Å². The number of anilines is 1. The van der Waals surface area contributed by atoms with Crippen molar-refractivity contribution in [3.63, 3.8) is 0 Å². The number of aromatic nitrogens is 2. The number of nitrogens with one attached hydrogen (secondary N) is 1. The van der Waals surface area contributed by atoms with Gasteiger partial charge in [0.25, 0.3) is 0 Å². The van der Waals surface area contributed by atoms with Crippen molar-refractivity contribution in [1.82, 2.24) is 9.55 Å². The van der Waals surface area contributed by atoms with Crippen LogP contribution in [0.1, 0.15) is 23.0 Å². The molecule has 23 heavy (non-hydrogen) atoms. The summed E-state index contributed by atoms with van der Waals surface area (Å²) in [6, 6.07) is 10.8. The van der Waals surface area contributed by atoms with Crippen molar-refractivity contribution >= 4 is 28.7 Å². The van der Waals surface area contributed by atoms with Crippen LogP contribution in [0, 0.1) is 0 Å². The van der Waals surface area contributed by atoms with E-state index in [-0.39, 0.29) is 18.1 Å². The summed E-state index contributed by atoms with van der Waals surface area (Å²) in [6.07, 6.45) is 4.02. The number of hydrogen-bond donors (Lipinski definition) is 1. The maximum atomic E-state index is 12.1. The van der Waals surface area contributed by atoms with Gasteiger partial charge in [0, 0.05) is 29.0 Å². The minimum Gasteiger partial charge on any atom is -0.326 e. The van der Waals surface area contributed by atoms with Crippen molar-refractivity contribution in [3.8, 4) is 5.13 Å². The molecule has 0 fully saturated rings. The highest BCUT2D eigenvalue weighted by Crippen LogP contribution is 2.16. The van der Waals surface area contributed by atoms with Crippen LogP contribution in [0.15, 0.2) is 54.2 Å². The first-order valence-electron chi connectivity index (χ1n) is 7.10. The van der Waals surface area contributed by atoms with E-state index in [4.69, 9.17) is 0 Å². The molecule has 0 unspecified atom stereocenters. The maximum Gasteiger partial charge on any atom is 0.230 e. The molecule has 0 atom stereocenters. The molecule has 0 radical (unpaired) electrons. The molecule has 1 N–H and O–H groups in total. The van der Waals surface area contributed by atoms with E-state index >= 15 is 0 Å². The minimum atomic E-state index is -0.157. The first kappa shape index (κ1) is 15.2. The van der Waals surface area contributed by atoms with Crippen LogP contribution in [-0.4, -0.2) is 21.2 Å². The summed E-state index contributed by atoms with van der Waals surface area (Å²) >= 11 is 1.49. The third-order valence-electron chi connectivity index (χ3n) is 3.26. The van der Waals surface area contributed by atoms with Gasteiger partial charge in [-0.25, -0.2) is 4.98 Å². The molecule has 116 valence electrons. The highest BCUT2D eigenvalue weighted by Gasteiger charge is 2.09. The second-order valence-corrected chi connectivity index (χ2v) is 5.91. The number of carbonyl (C=O) groups is 2. The number of hydrogen-bond acceptors (Lipinski definition) is 4. The first-order valence-corrected chi connectivity index (χ1v) is 7.98. The fraction of sp³-hybridized carbons (Fsp3) is 0.118. The van der Waals surface area contributed by atoms with Crippen LogP contribution < -0.4 is 5.32 Å². The minimum absolute atomic E-state index is 0.0306. The van der Waals surface area contributed by atoms with Gasteiger partial charge in [-0.1, -0.05) is 12.1 Å². The Bertz CT molecular complexity index is 837. The Balaban J connectivity index is 1.66. The predicted molar refractivity (Wildman–Crippen MR) is 90.2 cm³/mol. The Morgan fingerprint density at radius 3 is 2.74 bits per heavy atom. The molecule has 3 aromatic rings. The zero-order valence-corrected chi connectivity index (χ0v) is 13.3. The van der Waals surface area contributed by atoms with Crippen LogP contribution in [0.3, 0.4) is 0 Å². The van der Waals surface area contributed by atoms with Gasteiger partial charge in [-0.2, -0.15) is 0 Å². The number of thiazole rings is 1. The van der Waals surface area contributed by atoms with Gasteiger partial charge in [0.05, 0.1) is 12.1 Å². The summed E-state index contributed by atoms with van der Waals surface area (Å²) < 4.78 is 1.91. The lowest BCUT2D eigenvalue weighted by molar-refractivity contribution is -0.115. The second-order valence-electron chi connectivity index (χ2n) is 5.07. The second kappa shape index (κ2) is 6.58. The standard InChI is InChI=1S/C17H15N3O2S/c1-12(21)13-5-4-6-14(9-13)18-16(22)10-15-11-23-17(19-15)20-7-2-3-8-20/h2-9,11H,10H2,1H3,(H,18,22). The number of amides is 1. The van der Waals surface area contributed by atoms with Gasteiger partial charge in [-0.05, 0) is 31.2 Å². The maximum absolute atomic E-state index is 12.1. The van der Waals surface area contributed by atoms with E-state index in [1.54, 1.807) is 24.3 Å². The van der Waals surface area contributed by atoms with Gasteiger partial charge < -0.3 is 9.88 Å². The van der Waals surface area contributed by atoms with Crippen molar-refractivity contribution in [2.45, 2.75) is 13.3 Å². The smallest absolute Gasteiger partial charge is 0.230 e. The number of Topliss-reactive ketones (excluding diaryl/α,β-unsaturated/α-hetero) is 1. The summed E-state index contributed by atoms with van der Waals surface area (Å²) in [5.74, 6) is -0.188. The number of rotatable bonds is 5. The van der Waals surface area contributed by atoms with Gasteiger partial charge >= 0.3 is 0 Å². The molecule has 3 rings (SSSR count). The summed E-state index contributed by atoms with van der Waals surface area (Å²) in [5.41, 5.74) is 1.91. The highest BCUT2D eigenvalue weighted by atomic mass is 32.1. The molecular formula is C17H15N3O2S. The number of nitrogens with zero attached hydrogens (tertiary/aromatic N) is 2. The lowest BCUT2D eigenvalue weighted by Crippen LogP contribution is -2.15. The van der Waals surface area contributed by atoms with Gasteiger partial charge in [0.2, 0.25) is 5.91 Å². The summed E-state index contributed by atoms with van der Waals surface area (Å²) in [6.45, 7) is 1.50. The van der Waals surface area contributed by atoms with Crippen LogP contribution in [0.4, 0.5) is 5.69 Å². The molecule has 0 aliphatic rings. The molecule has 0 aliphatic carbocycles. The van der Waals surface area contributed by atoms with Crippen LogP contribution in [0.2, 0.25) is 0 Å². The van der Waals surface area contributed by atoms with Crippen molar-refractivity contribution in [3.05, 3.63) is 65.4 Å². The quantitative estimate of drug-likeness (QED) is 0.732. The summed E-state index contributed by atoms with van der Waals surface area (Å²) in [5, 5.41) is 5.50. The van der Waals surface area contributed by atoms with E-state index in [0.717, 1.165) is 10.8 Å². The van der Waals surface area contributed by atoms with E-state index in [2.05, 4.69) is 10.3 Å². The molecule has 0 saturated carbocycles. The zero-order chi connectivity index (χ0) is 16.2. The largest absolute Gasteiger partial charge is 0.326 e. The highest BCUT2D eigenvalue weighted by molar-refractivity contribution is 7.12. The average molecular weight is 325 g/mol. The number of carbonyl (C=O) groups excluding carboxylic acids is 2. The molecule has 0 bridgehead atoms. The first-order chi connectivity index (χ1) is 11.1. The Labute approximate surface area is 137 Å². The molecule has 0 aliphatic heterocycles. The molecule has 2 aromatic heterocycles. The molecular weight excluding hydrogens is 310 g/mol. The Morgan fingerprint density at radius 2 is 2.00 bits per heavy atom. The summed E-state index contributed by atoms with van der Waals surface area (Å²) in [7, 11) is 0. The van der Waals surface area contributed by atoms with E-state index in [1.165, 1.54) is 18.3 Å². The number of benzene rings is 1. The third-order valence-corrected chi connectivity index (χ3v) is 4.16. The predicted octanol–water partition coefficient (Wildman–Crippen LogP) is 3.32. The van der Waals surface area contributed by atoms with E-state index in [0.29, 0.717) is 11.3 Å². The lowest BCUT2D eigenvalue weighted by atomic mass is 10.1. The summed E-state index contributed by atoms with van der Waals surface area (Å²) in [4.78, 5) is 27.9. The zero-order valence-electron chi connectivity index (χ0n) is 12.5. The van der Waals surface area contributed by atoms with Gasteiger partial charge in [0.15, 0.2) is 10.9 Å². The van der Waals surface area contributed by atoms with Crippen LogP contribution in [0.25, 0.3) is 5.13 Å². The molecule has 6 heteroatoms. The number of ketones is 1. The molecule has 0 spiro atoms. The van der Waals surface area contributed by atoms with E-state index in [1.807, 2.05) is 34.5 Å². The topological polar surface area (TPSA) is 64.0 Å². The van der Waals surface area contributed by atoms with Crippen molar-refractivity contribution in [1.29, 1.82) is 0 Å². The SMILES string of the molecule is CC(=O)c1cccc(NC(=O)Cc2csc(-n3cccc3)n2)c1. The van der Waals surface area contributed by atoms with Crippen molar-refractivity contribution in [2.75, 3.05) is 5.32 Å². The Kier molecular flexibility index (Phi) is 4.34. The van der Waals surface area contributed by atoms with E-state index < -0.39 is 0 Å². The van der Waals surface area contributed by atoms with Gasteiger partial charge in [-0.15, -0.1) is 11.3 Å². The molecule has 1 amide bonds. The third kappa shape index (κ3) is 3.73. The fourth-order valence-electron chi connectivity index (χ4n) is 2.14. The van der Waals surface area contributed by atoms with Gasteiger partial charge in [0.1, 0.15) is 0 Å². The van der Waals surface area contributed by atoms with Crippen LogP contribution in [0.5, 0.6) is 0 Å². The van der Waals surface area contributed by atoms with Crippen LogP contribution in [-0.2, 0) is 11.2 Å². The normalized spacial score (nSPS) is 10.5. The molecule has 5 nitrogen and oxygen atoms in total. The molecule has 1 aromatic carbocycles. The van der Waals surface area contributed by atoms with Crippen LogP contribution >= 0.6 is 11.3 Å². The van der Waals surface area contributed by atoms with Crippen molar-refractivity contribution < 1.29 is 9.59 Å². The lowest BCUT2D eigenvalue weighted by Gasteiger charge is -2.05. The monoisotopic (exact) mass is 325 g/mol. The van der Waals surface area contributed by atoms with Gasteiger partial charge in [-0.3, -0.25) is 9.59 Å². The Morgan fingerprint density at radius 1 is 1.22 bits per heavy atom. The van der Waals surface area contributed by atoms with Crippen molar-refractivity contribution in [2.24, 2.45) is 0 Å². The molecule has 2 heterocycles. The fourth-order valence-corrected chi connectivity index (χ4v) is 2.93. The average Bonchev–Trinajstić information content (AvgIpc) is 3.18.